The molecule has 0 aliphatic heterocycles. The molecule has 0 saturated carbocycles. The Bertz CT molecular complexity index is 1320. The standard InChI is InChI=1S/C66H123NO8/c1-6-8-10-12-14-16-18-20-22-23-24-25-26-27-28-29-30-31-32-33-34-35-36-37-38-39-40-41-43-45-47-49-51-53-55-57-64(69)75-62(61-74-66(65(70)71)72-59-58-67(3,4)5)60-73-63(68)56-54-52-50-48-46-44-42-21-19-17-15-13-11-9-7-2/h18,20-21,23-24,42,62,66H,6-17,19,22,25-41,43-61H2,1-5H3/b20-18-,24-23-,42-21-. The lowest BCUT2D eigenvalue weighted by atomic mass is 10.0. The number of allylic oxidation sites excluding steroid dienone is 6. The molecule has 0 fully saturated rings. The number of carboxylic acid groups (broad SMARTS) is 1. The van der Waals surface area contributed by atoms with E-state index in [9.17, 15) is 19.5 Å². The Labute approximate surface area is 464 Å². The number of carboxylic acids is 1. The third-order valence-electron chi connectivity index (χ3n) is 14.4. The SMILES string of the molecule is CCCCCCC/C=C\C/C=C\CCCCCCCCCCCCCCCCCCCCCCCCCC(=O)OC(COC(=O)CCCCCCC/C=C\CCCCCCCC)COC(OCC[N+](C)(C)C)C(=O)[O-]. The predicted octanol–water partition coefficient (Wildman–Crippen LogP) is 17.9. The molecule has 440 valence electrons. The van der Waals surface area contributed by atoms with Crippen molar-refractivity contribution in [2.75, 3.05) is 47.5 Å². The minimum Gasteiger partial charge on any atom is -0.545 e. The third-order valence-corrected chi connectivity index (χ3v) is 14.4. The van der Waals surface area contributed by atoms with E-state index in [2.05, 4.69) is 50.3 Å². The van der Waals surface area contributed by atoms with Gasteiger partial charge in [-0.25, -0.2) is 0 Å². The molecule has 0 rings (SSSR count). The second-order valence-electron chi connectivity index (χ2n) is 23.0. The monoisotopic (exact) mass is 1060 g/mol. The van der Waals surface area contributed by atoms with E-state index >= 15 is 0 Å². The highest BCUT2D eigenvalue weighted by Gasteiger charge is 2.22. The van der Waals surface area contributed by atoms with Crippen LogP contribution in [0.4, 0.5) is 0 Å². The van der Waals surface area contributed by atoms with Crippen molar-refractivity contribution < 1.29 is 42.9 Å². The maximum absolute atomic E-state index is 12.9. The molecule has 0 radical (unpaired) electrons. The fourth-order valence-corrected chi connectivity index (χ4v) is 9.39. The van der Waals surface area contributed by atoms with Crippen molar-refractivity contribution in [3.8, 4) is 0 Å². The lowest BCUT2D eigenvalue weighted by Gasteiger charge is -2.26. The highest BCUT2D eigenvalue weighted by molar-refractivity contribution is 5.70. The average molecular weight is 1060 g/mol. The second kappa shape index (κ2) is 57.7. The summed E-state index contributed by atoms with van der Waals surface area (Å²) in [4.78, 5) is 37.3. The van der Waals surface area contributed by atoms with E-state index in [4.69, 9.17) is 18.9 Å². The van der Waals surface area contributed by atoms with Gasteiger partial charge < -0.3 is 33.3 Å². The molecule has 0 N–H and O–H groups in total. The van der Waals surface area contributed by atoms with Gasteiger partial charge in [-0.15, -0.1) is 0 Å². The van der Waals surface area contributed by atoms with Crippen LogP contribution in [0.3, 0.4) is 0 Å². The first-order valence-electron chi connectivity index (χ1n) is 32.1. The van der Waals surface area contributed by atoms with Gasteiger partial charge in [0.2, 0.25) is 0 Å². The van der Waals surface area contributed by atoms with Crippen LogP contribution in [0.5, 0.6) is 0 Å². The Morgan fingerprint density at radius 1 is 0.400 bits per heavy atom. The summed E-state index contributed by atoms with van der Waals surface area (Å²) in [6.45, 7) is 4.76. The Hall–Kier alpha value is -2.49. The smallest absolute Gasteiger partial charge is 0.306 e. The van der Waals surface area contributed by atoms with Gasteiger partial charge >= 0.3 is 11.9 Å². The molecule has 75 heavy (non-hydrogen) atoms. The molecule has 0 aromatic heterocycles. The van der Waals surface area contributed by atoms with Crippen molar-refractivity contribution in [2.24, 2.45) is 0 Å². The maximum atomic E-state index is 12.9. The first-order chi connectivity index (χ1) is 36.6. The van der Waals surface area contributed by atoms with E-state index in [1.165, 1.54) is 218 Å². The first-order valence-corrected chi connectivity index (χ1v) is 32.1. The fraction of sp³-hybridized carbons (Fsp3) is 0.864. The average Bonchev–Trinajstić information content (AvgIpc) is 3.38. The summed E-state index contributed by atoms with van der Waals surface area (Å²) < 4.78 is 22.7. The number of aliphatic carboxylic acids is 1. The van der Waals surface area contributed by atoms with Crippen molar-refractivity contribution in [2.45, 2.75) is 322 Å². The molecule has 2 unspecified atom stereocenters. The summed E-state index contributed by atoms with van der Waals surface area (Å²) in [5.41, 5.74) is 0. The van der Waals surface area contributed by atoms with Crippen LogP contribution in [0.2, 0.25) is 0 Å². The lowest BCUT2D eigenvalue weighted by Crippen LogP contribution is -2.44. The van der Waals surface area contributed by atoms with Gasteiger partial charge in [0.05, 0.1) is 40.3 Å². The number of rotatable bonds is 60. The number of quaternary nitrogens is 1. The highest BCUT2D eigenvalue weighted by atomic mass is 16.7. The topological polar surface area (TPSA) is 111 Å². The van der Waals surface area contributed by atoms with Crippen LogP contribution in [0.1, 0.15) is 309 Å². The highest BCUT2D eigenvalue weighted by Crippen LogP contribution is 2.18. The van der Waals surface area contributed by atoms with Crippen LogP contribution >= 0.6 is 0 Å². The number of carbonyl (C=O) groups excluding carboxylic acids is 3. The fourth-order valence-electron chi connectivity index (χ4n) is 9.39. The van der Waals surface area contributed by atoms with Gasteiger partial charge in [0.15, 0.2) is 12.4 Å². The molecule has 0 bridgehead atoms. The molecule has 2 atom stereocenters. The normalized spacial score (nSPS) is 12.9. The Morgan fingerprint density at radius 3 is 1.07 bits per heavy atom. The van der Waals surface area contributed by atoms with Gasteiger partial charge in [0, 0.05) is 12.8 Å². The third kappa shape index (κ3) is 59.0. The van der Waals surface area contributed by atoms with E-state index in [0.717, 1.165) is 57.8 Å². The number of carbonyl (C=O) groups is 3. The van der Waals surface area contributed by atoms with E-state index in [1.807, 2.05) is 21.1 Å². The van der Waals surface area contributed by atoms with E-state index < -0.39 is 24.3 Å². The molecule has 0 aromatic rings. The van der Waals surface area contributed by atoms with Crippen molar-refractivity contribution in [1.82, 2.24) is 0 Å². The predicted molar refractivity (Wildman–Crippen MR) is 316 cm³/mol. The molecule has 0 aliphatic rings. The number of unbranched alkanes of at least 4 members (excludes halogenated alkanes) is 39. The summed E-state index contributed by atoms with van der Waals surface area (Å²) in [5, 5.41) is 11.8. The van der Waals surface area contributed by atoms with E-state index in [-0.39, 0.29) is 38.6 Å². The van der Waals surface area contributed by atoms with Gasteiger partial charge in [-0.3, -0.25) is 9.59 Å². The van der Waals surface area contributed by atoms with Crippen LogP contribution in [0.15, 0.2) is 36.5 Å². The number of ether oxygens (including phenoxy) is 4. The quantitative estimate of drug-likeness (QED) is 0.0195. The van der Waals surface area contributed by atoms with Gasteiger partial charge in [-0.05, 0) is 70.6 Å². The van der Waals surface area contributed by atoms with Gasteiger partial charge in [-0.1, -0.05) is 262 Å². The van der Waals surface area contributed by atoms with Crippen molar-refractivity contribution >= 4 is 17.9 Å². The van der Waals surface area contributed by atoms with E-state index in [0.29, 0.717) is 17.4 Å². The molecular weight excluding hydrogens is 935 g/mol. The molecule has 0 amide bonds. The Morgan fingerprint density at radius 2 is 0.720 bits per heavy atom. The summed E-state index contributed by atoms with van der Waals surface area (Å²) in [6, 6.07) is 0. The zero-order chi connectivity index (χ0) is 54.8. The van der Waals surface area contributed by atoms with E-state index in [1.54, 1.807) is 0 Å². The summed E-state index contributed by atoms with van der Waals surface area (Å²) in [7, 11) is 5.93. The molecule has 0 aromatic carbocycles. The zero-order valence-electron chi connectivity index (χ0n) is 50.2. The minimum absolute atomic E-state index is 0.149. The van der Waals surface area contributed by atoms with Crippen LogP contribution in [0.25, 0.3) is 0 Å². The van der Waals surface area contributed by atoms with Crippen LogP contribution < -0.4 is 5.11 Å². The number of nitrogens with zero attached hydrogens (tertiary/aromatic N) is 1. The largest absolute Gasteiger partial charge is 0.545 e. The second-order valence-corrected chi connectivity index (χ2v) is 23.0. The molecule has 0 saturated heterocycles. The Balaban J connectivity index is 4.01. The molecule has 9 heteroatoms. The maximum Gasteiger partial charge on any atom is 0.306 e. The minimum atomic E-state index is -1.62. The van der Waals surface area contributed by atoms with Crippen molar-refractivity contribution in [1.29, 1.82) is 0 Å². The summed E-state index contributed by atoms with van der Waals surface area (Å²) in [5.74, 6) is -2.27. The first kappa shape index (κ1) is 72.5. The molecule has 9 nitrogen and oxygen atoms in total. The van der Waals surface area contributed by atoms with Crippen molar-refractivity contribution in [3.05, 3.63) is 36.5 Å². The molecule has 0 aliphatic carbocycles. The number of likely N-dealkylation sites (N-methyl/N-ethyl adjacent to an activating group) is 1. The Kier molecular flexibility index (Phi) is 55.8. The number of hydrogen-bond acceptors (Lipinski definition) is 8. The number of hydrogen-bond donors (Lipinski definition) is 0. The summed E-state index contributed by atoms with van der Waals surface area (Å²) in [6.07, 6.45) is 68.0. The number of esters is 2. The lowest BCUT2D eigenvalue weighted by molar-refractivity contribution is -0.870. The molecule has 0 spiro atoms. The van der Waals surface area contributed by atoms with Crippen LogP contribution in [-0.4, -0.2) is 82.3 Å². The van der Waals surface area contributed by atoms with Gasteiger partial charge in [-0.2, -0.15) is 0 Å². The zero-order valence-corrected chi connectivity index (χ0v) is 50.2. The van der Waals surface area contributed by atoms with Crippen LogP contribution in [-0.2, 0) is 33.3 Å². The van der Waals surface area contributed by atoms with Crippen LogP contribution in [0, 0.1) is 0 Å². The molecular formula is C66H123NO8. The van der Waals surface area contributed by atoms with Gasteiger partial charge in [0.1, 0.15) is 13.2 Å². The summed E-state index contributed by atoms with van der Waals surface area (Å²) >= 11 is 0. The van der Waals surface area contributed by atoms with Crippen molar-refractivity contribution in [3.63, 3.8) is 0 Å². The van der Waals surface area contributed by atoms with Gasteiger partial charge in [0.25, 0.3) is 0 Å². The molecule has 0 heterocycles.